The Morgan fingerprint density at radius 1 is 1.16 bits per heavy atom. The van der Waals surface area contributed by atoms with E-state index in [1.165, 1.54) is 0 Å². The lowest BCUT2D eigenvalue weighted by Gasteiger charge is -2.05. The van der Waals surface area contributed by atoms with Crippen molar-refractivity contribution in [2.45, 2.75) is 12.8 Å². The second-order valence-electron chi connectivity index (χ2n) is 4.07. The zero-order valence-corrected chi connectivity index (χ0v) is 10.3. The number of primary amides is 1. The quantitative estimate of drug-likeness (QED) is 0.859. The van der Waals surface area contributed by atoms with Crippen molar-refractivity contribution in [3.05, 3.63) is 54.0 Å². The van der Waals surface area contributed by atoms with Gasteiger partial charge in [-0.1, -0.05) is 0 Å². The summed E-state index contributed by atoms with van der Waals surface area (Å²) in [6, 6.07) is 10.1. The highest BCUT2D eigenvalue weighted by atomic mass is 16.3. The summed E-state index contributed by atoms with van der Waals surface area (Å²) in [5.41, 5.74) is 6.17. The molecule has 5 heteroatoms. The highest BCUT2D eigenvalue weighted by Gasteiger charge is 2.05. The van der Waals surface area contributed by atoms with Crippen molar-refractivity contribution in [2.24, 2.45) is 5.73 Å². The van der Waals surface area contributed by atoms with E-state index < -0.39 is 5.91 Å². The zero-order chi connectivity index (χ0) is 13.7. The molecule has 0 bridgehead atoms. The van der Waals surface area contributed by atoms with Crippen molar-refractivity contribution in [3.8, 4) is 0 Å². The molecule has 0 aliphatic carbocycles. The zero-order valence-electron chi connectivity index (χ0n) is 10.3. The minimum absolute atomic E-state index is 0.108. The monoisotopic (exact) mass is 258 g/mol. The van der Waals surface area contributed by atoms with Gasteiger partial charge in [0, 0.05) is 24.1 Å². The topological polar surface area (TPSA) is 85.3 Å². The molecule has 0 saturated heterocycles. The molecule has 2 aromatic rings. The Balaban J connectivity index is 1.86. The maximum Gasteiger partial charge on any atom is 0.248 e. The number of hydrogen-bond donors (Lipinski definition) is 2. The van der Waals surface area contributed by atoms with E-state index in [1.54, 1.807) is 36.6 Å². The minimum atomic E-state index is -0.490. The molecule has 1 heterocycles. The molecule has 98 valence electrons. The summed E-state index contributed by atoms with van der Waals surface area (Å²) in [5, 5.41) is 2.74. The Morgan fingerprint density at radius 3 is 2.47 bits per heavy atom. The Morgan fingerprint density at radius 2 is 1.89 bits per heavy atom. The summed E-state index contributed by atoms with van der Waals surface area (Å²) in [5.74, 6) is 0.179. The van der Waals surface area contributed by atoms with Crippen LogP contribution in [0.15, 0.2) is 47.1 Å². The van der Waals surface area contributed by atoms with Gasteiger partial charge in [0.2, 0.25) is 11.8 Å². The van der Waals surface area contributed by atoms with Crippen molar-refractivity contribution in [1.82, 2.24) is 0 Å². The summed E-state index contributed by atoms with van der Waals surface area (Å²) in [6.45, 7) is 0. The number of anilines is 1. The van der Waals surface area contributed by atoms with Gasteiger partial charge in [0.15, 0.2) is 0 Å². The van der Waals surface area contributed by atoms with Crippen molar-refractivity contribution in [3.63, 3.8) is 0 Å². The fourth-order valence-electron chi connectivity index (χ4n) is 1.63. The molecule has 0 fully saturated rings. The van der Waals surface area contributed by atoms with Crippen LogP contribution in [0.5, 0.6) is 0 Å². The number of benzene rings is 1. The standard InChI is InChI=1S/C14H14N2O3/c15-14(18)10-3-5-11(6-4-10)16-13(17)8-7-12-2-1-9-19-12/h1-6,9H,7-8H2,(H2,15,18)(H,16,17). The molecule has 19 heavy (non-hydrogen) atoms. The van der Waals surface area contributed by atoms with Gasteiger partial charge in [-0.3, -0.25) is 9.59 Å². The van der Waals surface area contributed by atoms with Crippen LogP contribution in [0.3, 0.4) is 0 Å². The van der Waals surface area contributed by atoms with Gasteiger partial charge in [-0.05, 0) is 36.4 Å². The molecule has 0 aliphatic rings. The average molecular weight is 258 g/mol. The Hall–Kier alpha value is -2.56. The summed E-state index contributed by atoms with van der Waals surface area (Å²) >= 11 is 0. The van der Waals surface area contributed by atoms with Gasteiger partial charge in [0.1, 0.15) is 5.76 Å². The summed E-state index contributed by atoms with van der Waals surface area (Å²) in [6.07, 6.45) is 2.47. The number of carbonyl (C=O) groups is 2. The van der Waals surface area contributed by atoms with Crippen LogP contribution in [-0.4, -0.2) is 11.8 Å². The van der Waals surface area contributed by atoms with Crippen molar-refractivity contribution >= 4 is 17.5 Å². The molecule has 0 unspecified atom stereocenters. The number of carbonyl (C=O) groups excluding carboxylic acids is 2. The van der Waals surface area contributed by atoms with Gasteiger partial charge in [0.25, 0.3) is 0 Å². The molecule has 0 atom stereocenters. The molecule has 1 aromatic heterocycles. The van der Waals surface area contributed by atoms with Crippen LogP contribution >= 0.6 is 0 Å². The van der Waals surface area contributed by atoms with Crippen LogP contribution in [0.25, 0.3) is 0 Å². The van der Waals surface area contributed by atoms with Gasteiger partial charge in [-0.2, -0.15) is 0 Å². The Kier molecular flexibility index (Phi) is 3.97. The number of furan rings is 1. The van der Waals surface area contributed by atoms with Crippen LogP contribution in [0, 0.1) is 0 Å². The highest BCUT2D eigenvalue weighted by molar-refractivity contribution is 5.94. The smallest absolute Gasteiger partial charge is 0.248 e. The third kappa shape index (κ3) is 3.70. The van der Waals surface area contributed by atoms with Crippen molar-refractivity contribution in [2.75, 3.05) is 5.32 Å². The van der Waals surface area contributed by atoms with E-state index in [0.717, 1.165) is 5.76 Å². The molecule has 0 radical (unpaired) electrons. The predicted octanol–water partition coefficient (Wildman–Crippen LogP) is 1.95. The molecule has 3 N–H and O–H groups in total. The highest BCUT2D eigenvalue weighted by Crippen LogP contribution is 2.10. The van der Waals surface area contributed by atoms with Gasteiger partial charge < -0.3 is 15.5 Å². The van der Waals surface area contributed by atoms with Crippen molar-refractivity contribution in [1.29, 1.82) is 0 Å². The number of aryl methyl sites for hydroxylation is 1. The third-order valence-electron chi connectivity index (χ3n) is 2.63. The average Bonchev–Trinajstić information content (AvgIpc) is 2.90. The second kappa shape index (κ2) is 5.86. The summed E-state index contributed by atoms with van der Waals surface area (Å²) in [4.78, 5) is 22.6. The fourth-order valence-corrected chi connectivity index (χ4v) is 1.63. The van der Waals surface area contributed by atoms with E-state index in [9.17, 15) is 9.59 Å². The molecule has 0 spiro atoms. The Labute approximate surface area is 110 Å². The van der Waals surface area contributed by atoms with Crippen LogP contribution in [-0.2, 0) is 11.2 Å². The minimum Gasteiger partial charge on any atom is -0.469 e. The molecule has 0 aliphatic heterocycles. The molecular formula is C14H14N2O3. The summed E-state index contributed by atoms with van der Waals surface area (Å²) < 4.78 is 5.14. The first-order chi connectivity index (χ1) is 9.15. The van der Waals surface area contributed by atoms with E-state index >= 15 is 0 Å². The summed E-state index contributed by atoms with van der Waals surface area (Å²) in [7, 11) is 0. The van der Waals surface area contributed by atoms with E-state index in [0.29, 0.717) is 24.1 Å². The van der Waals surface area contributed by atoms with Gasteiger partial charge in [-0.15, -0.1) is 0 Å². The first kappa shape index (κ1) is 12.9. The number of nitrogens with one attached hydrogen (secondary N) is 1. The first-order valence-corrected chi connectivity index (χ1v) is 5.87. The molecule has 2 rings (SSSR count). The largest absolute Gasteiger partial charge is 0.469 e. The predicted molar refractivity (Wildman–Crippen MR) is 70.6 cm³/mol. The normalized spacial score (nSPS) is 10.1. The van der Waals surface area contributed by atoms with Gasteiger partial charge in [-0.25, -0.2) is 0 Å². The first-order valence-electron chi connectivity index (χ1n) is 5.87. The number of hydrogen-bond acceptors (Lipinski definition) is 3. The van der Waals surface area contributed by atoms with Crippen LogP contribution in [0.2, 0.25) is 0 Å². The lowest BCUT2D eigenvalue weighted by Crippen LogP contribution is -2.13. The van der Waals surface area contributed by atoms with Crippen molar-refractivity contribution < 1.29 is 14.0 Å². The van der Waals surface area contributed by atoms with Gasteiger partial charge >= 0.3 is 0 Å². The fraction of sp³-hybridized carbons (Fsp3) is 0.143. The molecule has 0 saturated carbocycles. The van der Waals surface area contributed by atoms with E-state index in [2.05, 4.69) is 5.32 Å². The lowest BCUT2D eigenvalue weighted by atomic mass is 10.2. The van der Waals surface area contributed by atoms with E-state index in [4.69, 9.17) is 10.2 Å². The maximum atomic E-state index is 11.7. The van der Waals surface area contributed by atoms with Crippen LogP contribution in [0.4, 0.5) is 5.69 Å². The second-order valence-corrected chi connectivity index (χ2v) is 4.07. The number of amides is 2. The molecule has 2 amide bonds. The van der Waals surface area contributed by atoms with E-state index in [1.807, 2.05) is 6.07 Å². The van der Waals surface area contributed by atoms with E-state index in [-0.39, 0.29) is 5.91 Å². The third-order valence-corrected chi connectivity index (χ3v) is 2.63. The SMILES string of the molecule is NC(=O)c1ccc(NC(=O)CCc2ccco2)cc1. The molecule has 5 nitrogen and oxygen atoms in total. The maximum absolute atomic E-state index is 11.7. The number of rotatable bonds is 5. The van der Waals surface area contributed by atoms with Crippen LogP contribution in [0.1, 0.15) is 22.5 Å². The molecular weight excluding hydrogens is 244 g/mol. The Bertz CT molecular complexity index is 559. The van der Waals surface area contributed by atoms with Gasteiger partial charge in [0.05, 0.1) is 6.26 Å². The molecule has 1 aromatic carbocycles. The van der Waals surface area contributed by atoms with Crippen LogP contribution < -0.4 is 11.1 Å². The number of nitrogens with two attached hydrogens (primary N) is 1. The lowest BCUT2D eigenvalue weighted by molar-refractivity contribution is -0.116.